The van der Waals surface area contributed by atoms with Crippen LogP contribution in [0.25, 0.3) is 0 Å². The maximum atomic E-state index is 10.7. The van der Waals surface area contributed by atoms with E-state index in [0.29, 0.717) is 0 Å². The summed E-state index contributed by atoms with van der Waals surface area (Å²) in [6.45, 7) is 7.45. The highest BCUT2D eigenvalue weighted by molar-refractivity contribution is 8.13. The van der Waals surface area contributed by atoms with Crippen LogP contribution in [0.5, 0.6) is 0 Å². The van der Waals surface area contributed by atoms with Gasteiger partial charge in [0, 0.05) is 22.8 Å². The number of rotatable bonds is 4. The van der Waals surface area contributed by atoms with E-state index >= 15 is 0 Å². The van der Waals surface area contributed by atoms with Gasteiger partial charge in [0.05, 0.1) is 0 Å². The van der Waals surface area contributed by atoms with Crippen LogP contribution in [0, 0.1) is 0 Å². The topological polar surface area (TPSA) is 156 Å². The minimum absolute atomic E-state index is 0.0738. The number of nitrogens with two attached hydrogens (primary N) is 1. The summed E-state index contributed by atoms with van der Waals surface area (Å²) in [5, 5.41) is 11.5. The Hall–Kier alpha value is -1.57. The number of aromatic nitrogens is 6. The number of hydrogen-bond acceptors (Lipinski definition) is 8. The molecule has 2 heterocycles. The van der Waals surface area contributed by atoms with E-state index in [9.17, 15) is 16.8 Å². The van der Waals surface area contributed by atoms with Crippen molar-refractivity contribution in [2.24, 2.45) is 5.14 Å². The molecule has 0 unspecified atom stereocenters. The Bertz CT molecular complexity index is 812. The molecule has 0 aliphatic heterocycles. The molecule has 0 aliphatic carbocycles. The molecule has 2 N–H and O–H groups in total. The van der Waals surface area contributed by atoms with Crippen LogP contribution in [-0.4, -0.2) is 46.4 Å². The molecule has 0 saturated carbocycles. The first-order chi connectivity index (χ1) is 10.8. The van der Waals surface area contributed by atoms with E-state index < -0.39 is 19.1 Å². The van der Waals surface area contributed by atoms with Gasteiger partial charge in [0.15, 0.2) is 0 Å². The number of primary sulfonamides is 1. The summed E-state index contributed by atoms with van der Waals surface area (Å²) in [4.78, 5) is 7.09. The fourth-order valence-electron chi connectivity index (χ4n) is 1.26. The highest BCUT2D eigenvalue weighted by atomic mass is 35.7. The number of hydrogen-bond donors (Lipinski definition) is 1. The van der Waals surface area contributed by atoms with Gasteiger partial charge in [0.2, 0.25) is 0 Å². The molecule has 0 saturated heterocycles. The Balaban J connectivity index is 0.000000240. The van der Waals surface area contributed by atoms with Crippen molar-refractivity contribution in [2.75, 3.05) is 0 Å². The highest BCUT2D eigenvalue weighted by Crippen LogP contribution is 2.10. The third-order valence-electron chi connectivity index (χ3n) is 2.51. The van der Waals surface area contributed by atoms with Gasteiger partial charge in [-0.15, -0.1) is 10.2 Å². The molecular formula is C10H18ClN7O4S2. The summed E-state index contributed by atoms with van der Waals surface area (Å²) < 4.78 is 45.7. The van der Waals surface area contributed by atoms with Gasteiger partial charge >= 0.3 is 0 Å². The van der Waals surface area contributed by atoms with E-state index in [1.54, 1.807) is 0 Å². The van der Waals surface area contributed by atoms with Crippen LogP contribution in [0.15, 0.2) is 23.0 Å². The van der Waals surface area contributed by atoms with Gasteiger partial charge in [0.25, 0.3) is 29.4 Å². The first kappa shape index (κ1) is 20.5. The third kappa shape index (κ3) is 5.81. The van der Waals surface area contributed by atoms with Gasteiger partial charge in [-0.3, -0.25) is 0 Å². The van der Waals surface area contributed by atoms with Crippen LogP contribution in [0.1, 0.15) is 39.8 Å². The highest BCUT2D eigenvalue weighted by Gasteiger charge is 2.16. The standard InChI is InChI=1S/C5H8ClN3O2S.C5H10N4O2S/c2*1-4(2)9-3-7-5(8-9)12(6,10)11/h3-4H,1-2H3;3-4H,1-2H3,(H2,6,10,11). The van der Waals surface area contributed by atoms with Crippen LogP contribution in [0.2, 0.25) is 0 Å². The molecule has 0 radical (unpaired) electrons. The van der Waals surface area contributed by atoms with Crippen LogP contribution < -0.4 is 5.14 Å². The molecule has 24 heavy (non-hydrogen) atoms. The smallest absolute Gasteiger partial charge is 0.249 e. The molecule has 2 aromatic heterocycles. The summed E-state index contributed by atoms with van der Waals surface area (Å²) in [5.74, 6) is 0. The molecule has 0 fully saturated rings. The van der Waals surface area contributed by atoms with Gasteiger partial charge < -0.3 is 0 Å². The molecule has 0 aliphatic rings. The van der Waals surface area contributed by atoms with Crippen molar-refractivity contribution in [3.8, 4) is 0 Å². The lowest BCUT2D eigenvalue weighted by Crippen LogP contribution is -2.14. The van der Waals surface area contributed by atoms with Crippen molar-refractivity contribution in [1.82, 2.24) is 29.5 Å². The van der Waals surface area contributed by atoms with Gasteiger partial charge in [-0.2, -0.15) is 0 Å². The molecule has 0 amide bonds. The molecule has 0 spiro atoms. The summed E-state index contributed by atoms with van der Waals surface area (Å²) >= 11 is 0. The minimum Gasteiger partial charge on any atom is -0.249 e. The molecule has 0 aromatic carbocycles. The maximum absolute atomic E-state index is 10.7. The molecule has 14 heteroatoms. The summed E-state index contributed by atoms with van der Waals surface area (Å²) in [5.41, 5.74) is 0. The third-order valence-corrected chi connectivity index (χ3v) is 4.24. The fourth-order valence-corrected chi connectivity index (χ4v) is 2.24. The fraction of sp³-hybridized carbons (Fsp3) is 0.600. The zero-order valence-corrected chi connectivity index (χ0v) is 15.8. The van der Waals surface area contributed by atoms with Crippen LogP contribution in [0.3, 0.4) is 0 Å². The predicted octanol–water partition coefficient (Wildman–Crippen LogP) is 0.293. The van der Waals surface area contributed by atoms with E-state index in [-0.39, 0.29) is 22.4 Å². The Kier molecular flexibility index (Phi) is 6.44. The van der Waals surface area contributed by atoms with Crippen molar-refractivity contribution in [3.05, 3.63) is 12.7 Å². The first-order valence-electron chi connectivity index (χ1n) is 6.62. The number of nitrogens with zero attached hydrogens (tertiary/aromatic N) is 6. The monoisotopic (exact) mass is 399 g/mol. The molecule has 2 aromatic rings. The van der Waals surface area contributed by atoms with Gasteiger partial charge in [-0.1, -0.05) is 0 Å². The lowest BCUT2D eigenvalue weighted by Gasteiger charge is -2.01. The van der Waals surface area contributed by atoms with Crippen molar-refractivity contribution in [1.29, 1.82) is 0 Å². The van der Waals surface area contributed by atoms with Gasteiger partial charge in [-0.25, -0.2) is 41.3 Å². The predicted molar refractivity (Wildman–Crippen MR) is 85.2 cm³/mol. The van der Waals surface area contributed by atoms with Crippen LogP contribution in [-0.2, 0) is 19.1 Å². The second kappa shape index (κ2) is 7.55. The maximum Gasteiger partial charge on any atom is 0.298 e. The second-order valence-corrected chi connectivity index (χ2v) is 9.10. The molecule has 0 atom stereocenters. The molecule has 136 valence electrons. The lowest BCUT2D eigenvalue weighted by atomic mass is 10.4. The second-order valence-electron chi connectivity index (χ2n) is 5.18. The zero-order valence-electron chi connectivity index (χ0n) is 13.4. The summed E-state index contributed by atoms with van der Waals surface area (Å²) in [6, 6.07) is 0.151. The van der Waals surface area contributed by atoms with E-state index in [1.807, 2.05) is 27.7 Å². The lowest BCUT2D eigenvalue weighted by molar-refractivity contribution is 0.516. The normalized spacial score (nSPS) is 12.3. The van der Waals surface area contributed by atoms with Crippen LogP contribution >= 0.6 is 10.7 Å². The SMILES string of the molecule is CC(C)n1cnc(S(=O)(=O)Cl)n1.CC(C)n1cnc(S(N)(=O)=O)n1. The number of sulfonamides is 1. The summed E-state index contributed by atoms with van der Waals surface area (Å²) in [7, 11) is -2.53. The summed E-state index contributed by atoms with van der Waals surface area (Å²) in [6.07, 6.45) is 2.67. The average Bonchev–Trinajstić information content (AvgIpc) is 3.08. The first-order valence-corrected chi connectivity index (χ1v) is 10.5. The quantitative estimate of drug-likeness (QED) is 0.719. The van der Waals surface area contributed by atoms with Crippen molar-refractivity contribution in [2.45, 2.75) is 50.1 Å². The van der Waals surface area contributed by atoms with Crippen molar-refractivity contribution < 1.29 is 16.8 Å². The Labute approximate surface area is 144 Å². The Morgan fingerprint density at radius 2 is 1.29 bits per heavy atom. The van der Waals surface area contributed by atoms with Crippen molar-refractivity contribution >= 4 is 29.8 Å². The van der Waals surface area contributed by atoms with Crippen LogP contribution in [0.4, 0.5) is 0 Å². The van der Waals surface area contributed by atoms with E-state index in [1.165, 1.54) is 22.0 Å². The van der Waals surface area contributed by atoms with Crippen molar-refractivity contribution in [3.63, 3.8) is 0 Å². The molecule has 2 rings (SSSR count). The zero-order chi connectivity index (χ0) is 18.7. The Morgan fingerprint density at radius 1 is 0.917 bits per heavy atom. The minimum atomic E-state index is -3.79. The van der Waals surface area contributed by atoms with Gasteiger partial charge in [0.1, 0.15) is 12.7 Å². The Morgan fingerprint density at radius 3 is 1.50 bits per heavy atom. The molecular weight excluding hydrogens is 382 g/mol. The molecule has 0 bridgehead atoms. The van der Waals surface area contributed by atoms with E-state index in [4.69, 9.17) is 15.8 Å². The molecule has 11 nitrogen and oxygen atoms in total. The van der Waals surface area contributed by atoms with E-state index in [2.05, 4.69) is 20.2 Å². The van der Waals surface area contributed by atoms with E-state index in [0.717, 1.165) is 0 Å². The largest absolute Gasteiger partial charge is 0.298 e. The van der Waals surface area contributed by atoms with Gasteiger partial charge in [-0.05, 0) is 27.7 Å². The average molecular weight is 400 g/mol. The number of halogens is 1.